The Labute approximate surface area is 80.0 Å². The third-order valence-corrected chi connectivity index (χ3v) is 1.46. The molecule has 7 heteroatoms. The second-order valence-electron chi connectivity index (χ2n) is 2.66. The Hall–Kier alpha value is -1.02. The van der Waals surface area contributed by atoms with Gasteiger partial charge in [0.15, 0.2) is 5.78 Å². The summed E-state index contributed by atoms with van der Waals surface area (Å²) in [6, 6.07) is 0. The molecule has 0 aromatic carbocycles. The number of nitrogens with one attached hydrogen (secondary N) is 1. The summed E-state index contributed by atoms with van der Waals surface area (Å²) in [6.07, 6.45) is -3.23. The first-order valence-corrected chi connectivity index (χ1v) is 3.91. The van der Waals surface area contributed by atoms with E-state index in [1.165, 1.54) is 0 Å². The van der Waals surface area contributed by atoms with E-state index in [1.807, 2.05) is 0 Å². The van der Waals surface area contributed by atoms with Gasteiger partial charge in [-0.3, -0.25) is 14.9 Å². The van der Waals surface area contributed by atoms with Crippen LogP contribution in [-0.2, 0) is 9.59 Å². The van der Waals surface area contributed by atoms with Crippen molar-refractivity contribution in [3.63, 3.8) is 0 Å². The van der Waals surface area contributed by atoms with Gasteiger partial charge in [-0.25, -0.2) is 0 Å². The Morgan fingerprint density at radius 2 is 1.79 bits per heavy atom. The lowest BCUT2D eigenvalue weighted by Crippen LogP contribution is -2.42. The minimum atomic E-state index is -1.69. The lowest BCUT2D eigenvalue weighted by Gasteiger charge is -2.13. The Kier molecular flexibility index (Phi) is 5.97. The van der Waals surface area contributed by atoms with E-state index in [0.717, 1.165) is 0 Å². The molecular formula is C7H13NO6. The van der Waals surface area contributed by atoms with Gasteiger partial charge in [0.1, 0.15) is 12.2 Å². The zero-order chi connectivity index (χ0) is 11.1. The molecule has 0 amide bonds. The van der Waals surface area contributed by atoms with Crippen LogP contribution in [0.15, 0.2) is 0 Å². The fourth-order valence-electron chi connectivity index (χ4n) is 0.712. The van der Waals surface area contributed by atoms with E-state index in [2.05, 4.69) is 5.32 Å². The molecule has 0 bridgehead atoms. The van der Waals surface area contributed by atoms with Crippen LogP contribution in [0.3, 0.4) is 0 Å². The maximum Gasteiger partial charge on any atom is 0.317 e. The van der Waals surface area contributed by atoms with Gasteiger partial charge in [-0.1, -0.05) is 0 Å². The van der Waals surface area contributed by atoms with Crippen LogP contribution in [0.25, 0.3) is 0 Å². The fraction of sp³-hybridized carbons (Fsp3) is 0.714. The highest BCUT2D eigenvalue weighted by Crippen LogP contribution is 1.93. The highest BCUT2D eigenvalue weighted by molar-refractivity contribution is 5.85. The molecule has 0 saturated carbocycles. The molecule has 0 aliphatic rings. The van der Waals surface area contributed by atoms with Gasteiger partial charge in [0.2, 0.25) is 0 Å². The topological polar surface area (TPSA) is 127 Å². The molecular weight excluding hydrogens is 194 g/mol. The Morgan fingerprint density at radius 3 is 2.21 bits per heavy atom. The molecule has 14 heavy (non-hydrogen) atoms. The summed E-state index contributed by atoms with van der Waals surface area (Å²) in [5.74, 6) is -1.90. The molecule has 5 N–H and O–H groups in total. The average molecular weight is 207 g/mol. The summed E-state index contributed by atoms with van der Waals surface area (Å²) < 4.78 is 0. The van der Waals surface area contributed by atoms with Gasteiger partial charge in [-0.05, 0) is 0 Å². The van der Waals surface area contributed by atoms with E-state index < -0.39 is 37.1 Å². The third kappa shape index (κ3) is 4.87. The zero-order valence-corrected chi connectivity index (χ0v) is 7.38. The second kappa shape index (κ2) is 6.44. The highest BCUT2D eigenvalue weighted by atomic mass is 16.4. The summed E-state index contributed by atoms with van der Waals surface area (Å²) in [5.41, 5.74) is 0. The molecule has 2 atom stereocenters. The van der Waals surface area contributed by atoms with Crippen molar-refractivity contribution >= 4 is 11.8 Å². The van der Waals surface area contributed by atoms with Crippen molar-refractivity contribution in [2.45, 2.75) is 12.2 Å². The molecule has 0 rings (SSSR count). The van der Waals surface area contributed by atoms with Gasteiger partial charge in [0.05, 0.1) is 19.7 Å². The maximum absolute atomic E-state index is 10.9. The standard InChI is InChI=1S/C7H13NO6/c9-3-5(11)7(14)4(10)1-8-2-6(12)13/h5,7-9,11,14H,1-3H2,(H,12,13)/t5-,7+/m1/s1. The molecule has 82 valence electrons. The van der Waals surface area contributed by atoms with Crippen molar-refractivity contribution in [1.29, 1.82) is 0 Å². The Bertz CT molecular complexity index is 206. The quantitative estimate of drug-likeness (QED) is 0.300. The molecule has 0 radical (unpaired) electrons. The summed E-state index contributed by atoms with van der Waals surface area (Å²) in [5, 5.41) is 36.7. The number of carboxylic acid groups (broad SMARTS) is 1. The first kappa shape index (κ1) is 13.0. The van der Waals surface area contributed by atoms with Crippen LogP contribution in [0.1, 0.15) is 0 Å². The number of carbonyl (C=O) groups excluding carboxylic acids is 1. The number of hydrogen-bond acceptors (Lipinski definition) is 6. The van der Waals surface area contributed by atoms with Crippen molar-refractivity contribution in [3.05, 3.63) is 0 Å². The van der Waals surface area contributed by atoms with Crippen LogP contribution < -0.4 is 5.32 Å². The van der Waals surface area contributed by atoms with Gasteiger partial charge < -0.3 is 20.4 Å². The van der Waals surface area contributed by atoms with Gasteiger partial charge in [-0.15, -0.1) is 0 Å². The number of aliphatic carboxylic acids is 1. The largest absolute Gasteiger partial charge is 0.480 e. The van der Waals surface area contributed by atoms with Gasteiger partial charge in [0.25, 0.3) is 0 Å². The SMILES string of the molecule is O=C(O)CNCC(=O)[C@H](O)[C@H](O)CO. The monoisotopic (exact) mass is 207 g/mol. The molecule has 0 heterocycles. The number of carbonyl (C=O) groups is 2. The second-order valence-corrected chi connectivity index (χ2v) is 2.66. The van der Waals surface area contributed by atoms with E-state index in [9.17, 15) is 9.59 Å². The Morgan fingerprint density at radius 1 is 1.21 bits per heavy atom. The predicted molar refractivity (Wildman–Crippen MR) is 44.6 cm³/mol. The fourth-order valence-corrected chi connectivity index (χ4v) is 0.712. The van der Waals surface area contributed by atoms with E-state index in [1.54, 1.807) is 0 Å². The molecule has 0 spiro atoms. The van der Waals surface area contributed by atoms with E-state index in [0.29, 0.717) is 0 Å². The summed E-state index contributed by atoms with van der Waals surface area (Å²) in [6.45, 7) is -1.51. The first-order chi connectivity index (χ1) is 6.49. The number of aliphatic hydroxyl groups is 3. The highest BCUT2D eigenvalue weighted by Gasteiger charge is 2.22. The van der Waals surface area contributed by atoms with Gasteiger partial charge >= 0.3 is 5.97 Å². The molecule has 0 fully saturated rings. The van der Waals surface area contributed by atoms with Crippen molar-refractivity contribution < 1.29 is 30.0 Å². The van der Waals surface area contributed by atoms with E-state index in [-0.39, 0.29) is 6.54 Å². The lowest BCUT2D eigenvalue weighted by atomic mass is 10.1. The molecule has 0 aromatic heterocycles. The predicted octanol–water partition coefficient (Wildman–Crippen LogP) is -3.06. The van der Waals surface area contributed by atoms with Crippen molar-refractivity contribution in [2.24, 2.45) is 0 Å². The lowest BCUT2D eigenvalue weighted by molar-refractivity contribution is -0.136. The summed E-state index contributed by atoms with van der Waals surface area (Å²) >= 11 is 0. The smallest absolute Gasteiger partial charge is 0.317 e. The van der Waals surface area contributed by atoms with Crippen LogP contribution in [0.4, 0.5) is 0 Å². The van der Waals surface area contributed by atoms with Crippen molar-refractivity contribution in [1.82, 2.24) is 5.32 Å². The summed E-state index contributed by atoms with van der Waals surface area (Å²) in [7, 11) is 0. The minimum Gasteiger partial charge on any atom is -0.480 e. The molecule has 0 aliphatic carbocycles. The first-order valence-electron chi connectivity index (χ1n) is 3.91. The molecule has 0 aromatic rings. The summed E-state index contributed by atoms with van der Waals surface area (Å²) in [4.78, 5) is 21.0. The number of Topliss-reactive ketones (excluding diaryl/α,β-unsaturated/α-hetero) is 1. The number of rotatable bonds is 7. The minimum absolute atomic E-state index is 0.371. The molecule has 0 unspecified atom stereocenters. The third-order valence-electron chi connectivity index (χ3n) is 1.46. The molecule has 7 nitrogen and oxygen atoms in total. The Balaban J connectivity index is 3.78. The normalized spacial score (nSPS) is 14.8. The van der Waals surface area contributed by atoms with Crippen molar-refractivity contribution in [2.75, 3.05) is 19.7 Å². The van der Waals surface area contributed by atoms with Crippen LogP contribution in [0, 0.1) is 0 Å². The van der Waals surface area contributed by atoms with E-state index >= 15 is 0 Å². The molecule has 0 saturated heterocycles. The molecule has 0 aliphatic heterocycles. The maximum atomic E-state index is 10.9. The van der Waals surface area contributed by atoms with Gasteiger partial charge in [0, 0.05) is 0 Å². The van der Waals surface area contributed by atoms with Crippen LogP contribution >= 0.6 is 0 Å². The van der Waals surface area contributed by atoms with Crippen LogP contribution in [-0.4, -0.2) is 64.1 Å². The number of ketones is 1. The number of carboxylic acids is 1. The van der Waals surface area contributed by atoms with Gasteiger partial charge in [-0.2, -0.15) is 0 Å². The van der Waals surface area contributed by atoms with Crippen LogP contribution in [0.2, 0.25) is 0 Å². The van der Waals surface area contributed by atoms with E-state index in [4.69, 9.17) is 20.4 Å². The number of hydrogen-bond donors (Lipinski definition) is 5. The average Bonchev–Trinajstić information content (AvgIpc) is 2.14. The number of aliphatic hydroxyl groups excluding tert-OH is 3. The van der Waals surface area contributed by atoms with Crippen LogP contribution in [0.5, 0.6) is 0 Å². The van der Waals surface area contributed by atoms with Crippen molar-refractivity contribution in [3.8, 4) is 0 Å². The zero-order valence-electron chi connectivity index (χ0n) is 7.38.